The molecule has 6 rings (SSSR count). The van der Waals surface area contributed by atoms with Crippen LogP contribution in [0.3, 0.4) is 0 Å². The Morgan fingerprint density at radius 3 is 2.45 bits per heavy atom. The van der Waals surface area contributed by atoms with Gasteiger partial charge in [-0.3, -0.25) is 4.57 Å². The lowest BCUT2D eigenvalue weighted by Crippen LogP contribution is -2.57. The van der Waals surface area contributed by atoms with Crippen LogP contribution >= 0.6 is 11.6 Å². The van der Waals surface area contributed by atoms with Gasteiger partial charge in [0.15, 0.2) is 23.2 Å². The van der Waals surface area contributed by atoms with Crippen molar-refractivity contribution in [3.05, 3.63) is 47.0 Å². The van der Waals surface area contributed by atoms with E-state index in [0.29, 0.717) is 17.0 Å². The van der Waals surface area contributed by atoms with Crippen LogP contribution in [0.25, 0.3) is 11.2 Å². The summed E-state index contributed by atoms with van der Waals surface area (Å²) < 4.78 is 7.17. The minimum Gasteiger partial charge on any atom is -0.394 e. The fourth-order valence-corrected chi connectivity index (χ4v) is 5.46. The van der Waals surface area contributed by atoms with Crippen LogP contribution in [-0.2, 0) is 17.6 Å². The number of halogens is 1. The quantitative estimate of drug-likeness (QED) is 0.506. The average molecular weight is 444 g/mol. The molecule has 2 saturated heterocycles. The summed E-state index contributed by atoms with van der Waals surface area (Å²) in [5.74, 6) is 0.655. The van der Waals surface area contributed by atoms with Crippen LogP contribution in [-0.4, -0.2) is 72.8 Å². The molecule has 1 unspecified atom stereocenters. The summed E-state index contributed by atoms with van der Waals surface area (Å²) in [7, 11) is 0. The molecule has 3 N–H and O–H groups in total. The predicted molar refractivity (Wildman–Crippen MR) is 112 cm³/mol. The Morgan fingerprint density at radius 2 is 1.81 bits per heavy atom. The lowest BCUT2D eigenvalue weighted by Gasteiger charge is -2.49. The van der Waals surface area contributed by atoms with Gasteiger partial charge in [0, 0.05) is 18.5 Å². The van der Waals surface area contributed by atoms with Gasteiger partial charge in [0.25, 0.3) is 0 Å². The first kappa shape index (κ1) is 19.4. The maximum atomic E-state index is 10.4. The minimum atomic E-state index is -1.23. The number of fused-ring (bicyclic) bond motifs is 2. The Balaban J connectivity index is 1.30. The van der Waals surface area contributed by atoms with E-state index in [4.69, 9.17) is 16.3 Å². The number of aliphatic hydroxyl groups excluding tert-OH is 3. The zero-order valence-electron chi connectivity index (χ0n) is 16.6. The highest BCUT2D eigenvalue weighted by Gasteiger charge is 2.48. The van der Waals surface area contributed by atoms with Crippen LogP contribution in [0.1, 0.15) is 17.4 Å². The molecule has 1 aromatic carbocycles. The maximum absolute atomic E-state index is 10.4. The van der Waals surface area contributed by atoms with Crippen molar-refractivity contribution in [2.24, 2.45) is 5.41 Å². The molecule has 0 saturated carbocycles. The SMILES string of the molecule is OC[C@H]1O[C@@H](n2cnc3c(N4CC5(Cc6ccccc6C5)C4)nc(Cl)nc32)[C@@H](O)C1O. The Kier molecular flexibility index (Phi) is 4.28. The zero-order valence-corrected chi connectivity index (χ0v) is 17.4. The highest BCUT2D eigenvalue weighted by molar-refractivity contribution is 6.28. The lowest BCUT2D eigenvalue weighted by atomic mass is 9.77. The van der Waals surface area contributed by atoms with E-state index in [2.05, 4.69) is 44.1 Å². The Labute approximate surface area is 182 Å². The van der Waals surface area contributed by atoms with E-state index < -0.39 is 31.1 Å². The molecule has 0 bridgehead atoms. The monoisotopic (exact) mass is 443 g/mol. The van der Waals surface area contributed by atoms with Gasteiger partial charge in [-0.15, -0.1) is 0 Å². The summed E-state index contributed by atoms with van der Waals surface area (Å²) in [6, 6.07) is 8.59. The van der Waals surface area contributed by atoms with E-state index in [-0.39, 0.29) is 10.7 Å². The molecule has 0 radical (unpaired) electrons. The molecule has 1 spiro atoms. The number of aliphatic hydroxyl groups is 3. The number of aromatic nitrogens is 4. The molecule has 10 heteroatoms. The summed E-state index contributed by atoms with van der Waals surface area (Å²) in [6.45, 7) is 1.30. The van der Waals surface area contributed by atoms with Crippen molar-refractivity contribution in [2.45, 2.75) is 37.4 Å². The molecule has 4 heterocycles. The largest absolute Gasteiger partial charge is 0.394 e. The molecule has 3 aromatic rings. The van der Waals surface area contributed by atoms with Crippen LogP contribution in [0.2, 0.25) is 5.28 Å². The number of ether oxygens (including phenoxy) is 1. The van der Waals surface area contributed by atoms with Crippen molar-refractivity contribution >= 4 is 28.6 Å². The normalized spacial score (nSPS) is 29.0. The molecule has 9 nitrogen and oxygen atoms in total. The second-order valence-electron chi connectivity index (χ2n) is 8.85. The van der Waals surface area contributed by atoms with Gasteiger partial charge in [-0.05, 0) is 35.6 Å². The molecular formula is C21H22ClN5O4. The second kappa shape index (κ2) is 6.85. The maximum Gasteiger partial charge on any atom is 0.226 e. The molecule has 2 aliphatic heterocycles. The van der Waals surface area contributed by atoms with Crippen molar-refractivity contribution in [1.82, 2.24) is 19.5 Å². The third-order valence-electron chi connectivity index (χ3n) is 6.77. The Hall–Kier alpha value is -2.30. The van der Waals surface area contributed by atoms with E-state index in [0.717, 1.165) is 25.9 Å². The van der Waals surface area contributed by atoms with Crippen molar-refractivity contribution in [2.75, 3.05) is 24.6 Å². The van der Waals surface area contributed by atoms with Crippen LogP contribution in [0.5, 0.6) is 0 Å². The third-order valence-corrected chi connectivity index (χ3v) is 6.94. The fraction of sp³-hybridized carbons (Fsp3) is 0.476. The van der Waals surface area contributed by atoms with Gasteiger partial charge in [-0.2, -0.15) is 9.97 Å². The molecule has 3 aliphatic rings. The number of anilines is 1. The van der Waals surface area contributed by atoms with Crippen LogP contribution in [0, 0.1) is 5.41 Å². The summed E-state index contributed by atoms with van der Waals surface area (Å²) in [5, 5.41) is 29.9. The van der Waals surface area contributed by atoms with E-state index >= 15 is 0 Å². The lowest BCUT2D eigenvalue weighted by molar-refractivity contribution is -0.0511. The standard InChI is InChI=1S/C21H22ClN5O4/c22-20-24-17(26-8-21(9-26)5-11-3-1-2-4-12(11)6-21)14-18(25-20)27(10-23-14)19-16(30)15(29)13(7-28)31-19/h1-4,10,13,15-16,19,28-30H,5-9H2/t13-,15?,16+,19-/m1/s1. The average Bonchev–Trinajstić information content (AvgIpc) is 3.40. The summed E-state index contributed by atoms with van der Waals surface area (Å²) in [4.78, 5) is 15.4. The van der Waals surface area contributed by atoms with Crippen molar-refractivity contribution in [3.63, 3.8) is 0 Å². The van der Waals surface area contributed by atoms with Crippen molar-refractivity contribution in [1.29, 1.82) is 0 Å². The first-order valence-corrected chi connectivity index (χ1v) is 10.7. The first-order chi connectivity index (χ1) is 15.0. The van der Waals surface area contributed by atoms with Gasteiger partial charge >= 0.3 is 0 Å². The van der Waals surface area contributed by atoms with Crippen LogP contribution < -0.4 is 4.90 Å². The third kappa shape index (κ3) is 2.88. The van der Waals surface area contributed by atoms with Gasteiger partial charge in [0.2, 0.25) is 5.28 Å². The summed E-state index contributed by atoms with van der Waals surface area (Å²) >= 11 is 6.25. The van der Waals surface area contributed by atoms with E-state index in [1.165, 1.54) is 22.0 Å². The highest BCUT2D eigenvalue weighted by Crippen LogP contribution is 2.46. The van der Waals surface area contributed by atoms with Gasteiger partial charge < -0.3 is 25.0 Å². The molecule has 2 aromatic heterocycles. The number of hydrogen-bond donors (Lipinski definition) is 3. The Morgan fingerprint density at radius 1 is 1.10 bits per heavy atom. The summed E-state index contributed by atoms with van der Waals surface area (Å²) in [5.41, 5.74) is 4.02. The van der Waals surface area contributed by atoms with Gasteiger partial charge in [0.1, 0.15) is 18.3 Å². The fourth-order valence-electron chi connectivity index (χ4n) is 5.30. The molecule has 2 fully saturated rings. The molecule has 162 valence electrons. The molecule has 4 atom stereocenters. The van der Waals surface area contributed by atoms with E-state index in [1.807, 2.05) is 0 Å². The van der Waals surface area contributed by atoms with Crippen LogP contribution in [0.15, 0.2) is 30.6 Å². The smallest absolute Gasteiger partial charge is 0.226 e. The number of rotatable bonds is 3. The predicted octanol–water partition coefficient (Wildman–Crippen LogP) is 0.696. The number of imidazole rings is 1. The van der Waals surface area contributed by atoms with Crippen molar-refractivity contribution in [3.8, 4) is 0 Å². The molecule has 0 amide bonds. The molecular weight excluding hydrogens is 422 g/mol. The van der Waals surface area contributed by atoms with E-state index in [1.54, 1.807) is 0 Å². The van der Waals surface area contributed by atoms with Gasteiger partial charge in [-0.25, -0.2) is 4.98 Å². The number of hydrogen-bond acceptors (Lipinski definition) is 8. The van der Waals surface area contributed by atoms with E-state index in [9.17, 15) is 15.3 Å². The number of benzene rings is 1. The minimum absolute atomic E-state index is 0.0756. The highest BCUT2D eigenvalue weighted by atomic mass is 35.5. The van der Waals surface area contributed by atoms with Crippen LogP contribution in [0.4, 0.5) is 5.82 Å². The first-order valence-electron chi connectivity index (χ1n) is 10.3. The molecule has 31 heavy (non-hydrogen) atoms. The zero-order chi connectivity index (χ0) is 21.3. The van der Waals surface area contributed by atoms with Gasteiger partial charge in [-0.1, -0.05) is 24.3 Å². The Bertz CT molecular complexity index is 1140. The van der Waals surface area contributed by atoms with Crippen molar-refractivity contribution < 1.29 is 20.1 Å². The topological polar surface area (TPSA) is 117 Å². The summed E-state index contributed by atoms with van der Waals surface area (Å²) in [6.07, 6.45) is -0.631. The number of nitrogens with zero attached hydrogens (tertiary/aromatic N) is 5. The van der Waals surface area contributed by atoms with Gasteiger partial charge in [0.05, 0.1) is 12.9 Å². The molecule has 1 aliphatic carbocycles. The second-order valence-corrected chi connectivity index (χ2v) is 9.19.